The zero-order valence-corrected chi connectivity index (χ0v) is 25.4. The van der Waals surface area contributed by atoms with Crippen LogP contribution in [-0.4, -0.2) is 10.3 Å². The summed E-state index contributed by atoms with van der Waals surface area (Å²) < 4.78 is 0. The molecule has 0 aliphatic carbocycles. The van der Waals surface area contributed by atoms with Crippen molar-refractivity contribution >= 4 is 58.3 Å². The van der Waals surface area contributed by atoms with E-state index in [1.807, 2.05) is 121 Å². The van der Waals surface area contributed by atoms with Gasteiger partial charge in [0.2, 0.25) is 0 Å². The number of rotatable bonds is 6. The van der Waals surface area contributed by atoms with Crippen molar-refractivity contribution in [2.24, 2.45) is 30.7 Å². The van der Waals surface area contributed by atoms with Gasteiger partial charge in [-0.3, -0.25) is 10.9 Å². The van der Waals surface area contributed by atoms with Crippen LogP contribution in [0, 0.1) is 0 Å². The quantitative estimate of drug-likeness (QED) is 0.0585. The maximum absolute atomic E-state index is 4.96. The number of hydrogen-bond acceptors (Lipinski definition) is 8. The van der Waals surface area contributed by atoms with Crippen LogP contribution < -0.4 is 10.9 Å². The minimum absolute atomic E-state index is 0. The monoisotopic (exact) mass is 624 g/mol. The van der Waals surface area contributed by atoms with E-state index in [1.165, 1.54) is 0 Å². The topological polar surface area (TPSA) is 98.2 Å². The molecular formula is C26H22CdN8S2. The van der Waals surface area contributed by atoms with E-state index in [0.717, 1.165) is 22.7 Å². The molecule has 8 nitrogen and oxygen atoms in total. The molecule has 0 aliphatic heterocycles. The molecule has 0 amide bonds. The van der Waals surface area contributed by atoms with Gasteiger partial charge in [-0.1, -0.05) is 72.8 Å². The number of para-hydroxylation sites is 2. The van der Waals surface area contributed by atoms with Crippen molar-refractivity contribution in [2.75, 3.05) is 10.9 Å². The molecule has 0 saturated heterocycles. The zero-order chi connectivity index (χ0) is 25.3. The first-order chi connectivity index (χ1) is 17.7. The first-order valence-corrected chi connectivity index (χ1v) is 11.6. The van der Waals surface area contributed by atoms with E-state index in [4.69, 9.17) is 25.3 Å². The molecule has 0 heterocycles. The zero-order valence-electron chi connectivity index (χ0n) is 19.8. The number of anilines is 2. The molecule has 0 bridgehead atoms. The van der Waals surface area contributed by atoms with Gasteiger partial charge in [0.15, 0.2) is 0 Å². The molecule has 0 aromatic heterocycles. The Bertz CT molecular complexity index is 1180. The predicted octanol–water partition coefficient (Wildman–Crippen LogP) is 7.40. The minimum atomic E-state index is 0. The third-order valence-corrected chi connectivity index (χ3v) is 4.47. The van der Waals surface area contributed by atoms with Crippen LogP contribution >= 0.6 is 0 Å². The summed E-state index contributed by atoms with van der Waals surface area (Å²) in [7, 11) is 0. The molecule has 2 N–H and O–H groups in total. The van der Waals surface area contributed by atoms with E-state index in [2.05, 4.69) is 41.5 Å². The van der Waals surface area contributed by atoms with E-state index in [0.29, 0.717) is 0 Å². The Hall–Kier alpha value is -3.62. The summed E-state index contributed by atoms with van der Waals surface area (Å²) in [5.41, 5.74) is 8.82. The number of azo groups is 2. The van der Waals surface area contributed by atoms with Crippen molar-refractivity contribution in [3.8, 4) is 0 Å². The summed E-state index contributed by atoms with van der Waals surface area (Å²) in [6, 6.07) is 37.8. The van der Waals surface area contributed by atoms with Crippen LogP contribution in [0.4, 0.5) is 22.7 Å². The Kier molecular flexibility index (Phi) is 14.2. The van der Waals surface area contributed by atoms with Crippen LogP contribution in [0.5, 0.6) is 0 Å². The number of nitrogens with zero attached hydrogens (tertiary/aromatic N) is 6. The average Bonchev–Trinajstić information content (AvgIpc) is 2.95. The van der Waals surface area contributed by atoms with Gasteiger partial charge < -0.3 is 25.3 Å². The van der Waals surface area contributed by atoms with Crippen molar-refractivity contribution in [3.63, 3.8) is 0 Å². The molecule has 4 aromatic carbocycles. The summed E-state index contributed by atoms with van der Waals surface area (Å²) in [6.45, 7) is 0. The molecule has 0 radical (unpaired) electrons. The largest absolute Gasteiger partial charge is 2.00 e. The number of nitrogens with one attached hydrogen (secondary N) is 2. The second kappa shape index (κ2) is 17.8. The van der Waals surface area contributed by atoms with Crippen LogP contribution in [0.1, 0.15) is 0 Å². The maximum Gasteiger partial charge on any atom is 2.00 e. The minimum Gasteiger partial charge on any atom is -0.737 e. The van der Waals surface area contributed by atoms with Gasteiger partial charge >= 0.3 is 27.3 Å². The average molecular weight is 623 g/mol. The Morgan fingerprint density at radius 3 is 1.08 bits per heavy atom. The summed E-state index contributed by atoms with van der Waals surface area (Å²) >= 11 is 9.93. The van der Waals surface area contributed by atoms with Crippen LogP contribution in [0.15, 0.2) is 152 Å². The molecule has 0 unspecified atom stereocenters. The van der Waals surface area contributed by atoms with Gasteiger partial charge in [0.1, 0.15) is 0 Å². The second-order valence-corrected chi connectivity index (χ2v) is 7.55. The van der Waals surface area contributed by atoms with Crippen LogP contribution in [-0.2, 0) is 52.6 Å². The first-order valence-electron chi connectivity index (χ1n) is 10.7. The van der Waals surface area contributed by atoms with Gasteiger partial charge in [-0.05, 0) is 48.5 Å². The summed E-state index contributed by atoms with van der Waals surface area (Å²) in [5, 5.41) is 23.8. The fraction of sp³-hybridized carbons (Fsp3) is 0. The second-order valence-electron chi connectivity index (χ2n) is 6.82. The predicted molar refractivity (Wildman–Crippen MR) is 152 cm³/mol. The molecule has 37 heavy (non-hydrogen) atoms. The third-order valence-electron chi connectivity index (χ3n) is 4.12. The maximum atomic E-state index is 4.96. The molecule has 0 atom stereocenters. The van der Waals surface area contributed by atoms with E-state index in [-0.39, 0.29) is 37.6 Å². The molecular weight excluding hydrogens is 601 g/mol. The Balaban J connectivity index is 0.000000253. The molecule has 0 saturated carbocycles. The van der Waals surface area contributed by atoms with Gasteiger partial charge in [0, 0.05) is 0 Å². The summed E-state index contributed by atoms with van der Waals surface area (Å²) in [6.07, 6.45) is 0. The molecule has 0 aliphatic rings. The van der Waals surface area contributed by atoms with Crippen molar-refractivity contribution in [1.29, 1.82) is 0 Å². The number of hydrogen-bond donors (Lipinski definition) is 2. The van der Waals surface area contributed by atoms with E-state index < -0.39 is 0 Å². The fourth-order valence-electron chi connectivity index (χ4n) is 2.49. The van der Waals surface area contributed by atoms with Gasteiger partial charge in [-0.25, -0.2) is 0 Å². The molecule has 0 spiro atoms. The smallest absolute Gasteiger partial charge is 0.737 e. The van der Waals surface area contributed by atoms with E-state index in [9.17, 15) is 0 Å². The van der Waals surface area contributed by atoms with Crippen molar-refractivity contribution < 1.29 is 27.3 Å². The van der Waals surface area contributed by atoms with E-state index >= 15 is 0 Å². The third kappa shape index (κ3) is 12.8. The van der Waals surface area contributed by atoms with Gasteiger partial charge in [0.05, 0.1) is 33.1 Å². The Morgan fingerprint density at radius 2 is 0.757 bits per heavy atom. The molecule has 11 heteroatoms. The van der Waals surface area contributed by atoms with Crippen LogP contribution in [0.2, 0.25) is 0 Å². The van der Waals surface area contributed by atoms with Gasteiger partial charge in [-0.2, -0.15) is 30.7 Å². The van der Waals surface area contributed by atoms with Gasteiger partial charge in [0.25, 0.3) is 0 Å². The molecule has 4 rings (SSSR count). The Labute approximate surface area is 247 Å². The number of amidine groups is 2. The SMILES string of the molecule is [Cd+2].[S-]/C(N=Nc1ccccc1)=N\Nc1ccccc1.[S-]/C(N=Nc1ccccc1)=N\Nc1ccccc1. The molecule has 4 aromatic rings. The number of hydrazone groups is 2. The van der Waals surface area contributed by atoms with Gasteiger partial charge in [-0.15, -0.1) is 0 Å². The summed E-state index contributed by atoms with van der Waals surface area (Å²) in [4.78, 5) is 0. The Morgan fingerprint density at radius 1 is 0.459 bits per heavy atom. The fourth-order valence-corrected chi connectivity index (χ4v) is 2.66. The standard InChI is InChI=1S/2C13H12N4S.Cd/c2*18-13(16-14-11-7-3-1-4-8-11)17-15-12-9-5-2-6-10-12;/h2*1-10,14H,(H,16,18);/q;;+2/p-2. The van der Waals surface area contributed by atoms with Crippen molar-refractivity contribution in [2.45, 2.75) is 0 Å². The van der Waals surface area contributed by atoms with E-state index in [1.54, 1.807) is 0 Å². The van der Waals surface area contributed by atoms with Crippen molar-refractivity contribution in [3.05, 3.63) is 121 Å². The molecule has 180 valence electrons. The van der Waals surface area contributed by atoms with Crippen LogP contribution in [0.3, 0.4) is 0 Å². The molecule has 0 fully saturated rings. The summed E-state index contributed by atoms with van der Waals surface area (Å²) in [5.74, 6) is 0. The first kappa shape index (κ1) is 29.6. The number of benzene rings is 4. The normalized spacial score (nSPS) is 11.4. The van der Waals surface area contributed by atoms with Crippen molar-refractivity contribution in [1.82, 2.24) is 0 Å². The van der Waals surface area contributed by atoms with Crippen LogP contribution in [0.25, 0.3) is 0 Å².